The van der Waals surface area contributed by atoms with Crippen molar-refractivity contribution in [1.82, 2.24) is 14.5 Å². The molecular formula is C14H18N4. The van der Waals surface area contributed by atoms with Crippen LogP contribution in [0.15, 0.2) is 24.7 Å². The largest absolute Gasteiger partial charge is 0.345 e. The molecule has 2 aromatic heterocycles. The Hall–Kier alpha value is -1.68. The normalized spacial score (nSPS) is 18.7. The molecule has 18 heavy (non-hydrogen) atoms. The summed E-state index contributed by atoms with van der Waals surface area (Å²) in [5.74, 6) is 0. The van der Waals surface area contributed by atoms with Gasteiger partial charge < -0.3 is 10.3 Å². The summed E-state index contributed by atoms with van der Waals surface area (Å²) >= 11 is 0. The Bertz CT molecular complexity index is 541. The van der Waals surface area contributed by atoms with Gasteiger partial charge in [0.25, 0.3) is 0 Å². The minimum absolute atomic E-state index is 0.208. The van der Waals surface area contributed by atoms with Crippen LogP contribution in [0.25, 0.3) is 0 Å². The Labute approximate surface area is 107 Å². The van der Waals surface area contributed by atoms with Gasteiger partial charge >= 0.3 is 0 Å². The molecule has 4 nitrogen and oxygen atoms in total. The molecule has 0 spiro atoms. The first-order valence-electron chi connectivity index (χ1n) is 6.45. The van der Waals surface area contributed by atoms with Gasteiger partial charge in [-0.15, -0.1) is 0 Å². The van der Waals surface area contributed by atoms with E-state index in [9.17, 15) is 0 Å². The van der Waals surface area contributed by atoms with Crippen molar-refractivity contribution >= 4 is 0 Å². The van der Waals surface area contributed by atoms with Crippen molar-refractivity contribution in [2.24, 2.45) is 5.73 Å². The highest BCUT2D eigenvalue weighted by Crippen LogP contribution is 2.28. The summed E-state index contributed by atoms with van der Waals surface area (Å²) in [5.41, 5.74) is 10.8. The summed E-state index contributed by atoms with van der Waals surface area (Å²) in [6, 6.07) is 2.36. The zero-order valence-corrected chi connectivity index (χ0v) is 10.6. The van der Waals surface area contributed by atoms with Gasteiger partial charge in [-0.25, -0.2) is 0 Å². The first kappa shape index (κ1) is 11.4. The zero-order valence-electron chi connectivity index (χ0n) is 10.6. The Morgan fingerprint density at radius 3 is 3.06 bits per heavy atom. The Morgan fingerprint density at radius 1 is 1.39 bits per heavy atom. The van der Waals surface area contributed by atoms with Crippen LogP contribution in [0.3, 0.4) is 0 Å². The Balaban J connectivity index is 1.87. The van der Waals surface area contributed by atoms with Crippen LogP contribution in [0.1, 0.15) is 41.5 Å². The molecule has 0 amide bonds. The summed E-state index contributed by atoms with van der Waals surface area (Å²) in [6.07, 6.45) is 9.19. The van der Waals surface area contributed by atoms with Crippen LogP contribution in [0.4, 0.5) is 0 Å². The molecule has 1 aliphatic carbocycles. The van der Waals surface area contributed by atoms with E-state index < -0.39 is 0 Å². The third-order valence-corrected chi connectivity index (χ3v) is 3.61. The lowest BCUT2D eigenvalue weighted by atomic mass is 9.94. The van der Waals surface area contributed by atoms with Crippen LogP contribution in [-0.4, -0.2) is 14.5 Å². The number of hydrogen-bond acceptors (Lipinski definition) is 3. The van der Waals surface area contributed by atoms with E-state index >= 15 is 0 Å². The molecule has 1 atom stereocenters. The summed E-state index contributed by atoms with van der Waals surface area (Å²) < 4.78 is 2.26. The number of rotatable bonds is 2. The van der Waals surface area contributed by atoms with Crippen LogP contribution in [0, 0.1) is 6.92 Å². The minimum Gasteiger partial charge on any atom is -0.345 e. The lowest BCUT2D eigenvalue weighted by Crippen LogP contribution is -2.18. The number of aromatic nitrogens is 3. The van der Waals surface area contributed by atoms with Crippen LogP contribution in [0.2, 0.25) is 0 Å². The predicted molar refractivity (Wildman–Crippen MR) is 70.2 cm³/mol. The molecule has 0 aliphatic heterocycles. The standard InChI is InChI=1S/C14H18N4/c1-10-7-17-11(8-16-10)9-18-6-5-12-13(15)3-2-4-14(12)18/h5-8,13H,2-4,9,15H2,1H3. The van der Waals surface area contributed by atoms with Gasteiger partial charge in [-0.05, 0) is 37.8 Å². The van der Waals surface area contributed by atoms with Gasteiger partial charge in [0.2, 0.25) is 0 Å². The Morgan fingerprint density at radius 2 is 2.28 bits per heavy atom. The van der Waals surface area contributed by atoms with Crippen LogP contribution in [0.5, 0.6) is 0 Å². The zero-order chi connectivity index (χ0) is 12.5. The van der Waals surface area contributed by atoms with E-state index in [1.54, 1.807) is 0 Å². The summed E-state index contributed by atoms with van der Waals surface area (Å²) in [5, 5.41) is 0. The quantitative estimate of drug-likeness (QED) is 0.876. The second kappa shape index (κ2) is 4.53. The first-order chi connectivity index (χ1) is 8.74. The molecule has 0 bridgehead atoms. The number of aryl methyl sites for hydroxylation is 1. The van der Waals surface area contributed by atoms with E-state index in [0.29, 0.717) is 0 Å². The average molecular weight is 242 g/mol. The topological polar surface area (TPSA) is 56.7 Å². The highest BCUT2D eigenvalue weighted by molar-refractivity contribution is 5.28. The van der Waals surface area contributed by atoms with Gasteiger partial charge in [0, 0.05) is 24.1 Å². The minimum atomic E-state index is 0.208. The number of fused-ring (bicyclic) bond motifs is 1. The molecule has 2 N–H and O–H groups in total. The van der Waals surface area contributed by atoms with E-state index in [-0.39, 0.29) is 6.04 Å². The van der Waals surface area contributed by atoms with Crippen molar-refractivity contribution in [2.45, 2.75) is 38.8 Å². The molecule has 0 aromatic carbocycles. The third kappa shape index (κ3) is 2.04. The van der Waals surface area contributed by atoms with Gasteiger partial charge in [0.05, 0.1) is 24.1 Å². The molecule has 0 fully saturated rings. The van der Waals surface area contributed by atoms with E-state index in [2.05, 4.69) is 26.8 Å². The van der Waals surface area contributed by atoms with Crippen molar-refractivity contribution in [3.05, 3.63) is 47.3 Å². The molecule has 0 saturated carbocycles. The molecule has 1 aliphatic rings. The molecule has 1 unspecified atom stereocenters. The molecule has 0 saturated heterocycles. The van der Waals surface area contributed by atoms with Gasteiger partial charge in [-0.1, -0.05) is 0 Å². The molecule has 2 heterocycles. The molecule has 3 rings (SSSR count). The summed E-state index contributed by atoms with van der Waals surface area (Å²) in [6.45, 7) is 2.74. The first-order valence-corrected chi connectivity index (χ1v) is 6.45. The SMILES string of the molecule is Cc1cnc(Cn2ccc3c2CCCC3N)cn1. The second-order valence-corrected chi connectivity index (χ2v) is 4.99. The predicted octanol–water partition coefficient (Wildman–Crippen LogP) is 1.97. The Kier molecular flexibility index (Phi) is 2.88. The van der Waals surface area contributed by atoms with E-state index in [0.717, 1.165) is 30.8 Å². The van der Waals surface area contributed by atoms with Crippen molar-refractivity contribution in [3.63, 3.8) is 0 Å². The average Bonchev–Trinajstić information content (AvgIpc) is 2.77. The van der Waals surface area contributed by atoms with Gasteiger partial charge in [0.15, 0.2) is 0 Å². The molecule has 2 aromatic rings. The fraction of sp³-hybridized carbons (Fsp3) is 0.429. The van der Waals surface area contributed by atoms with Crippen molar-refractivity contribution < 1.29 is 0 Å². The monoisotopic (exact) mass is 242 g/mol. The van der Waals surface area contributed by atoms with E-state index in [1.807, 2.05) is 19.3 Å². The van der Waals surface area contributed by atoms with Crippen molar-refractivity contribution in [1.29, 1.82) is 0 Å². The summed E-state index contributed by atoms with van der Waals surface area (Å²) in [7, 11) is 0. The molecule has 94 valence electrons. The number of nitrogens with zero attached hydrogens (tertiary/aromatic N) is 3. The second-order valence-electron chi connectivity index (χ2n) is 4.99. The lowest BCUT2D eigenvalue weighted by Gasteiger charge is -2.20. The van der Waals surface area contributed by atoms with Crippen molar-refractivity contribution in [3.8, 4) is 0 Å². The van der Waals surface area contributed by atoms with Crippen LogP contribution in [-0.2, 0) is 13.0 Å². The van der Waals surface area contributed by atoms with E-state index in [1.165, 1.54) is 17.7 Å². The molecule has 4 heteroatoms. The van der Waals surface area contributed by atoms with Crippen molar-refractivity contribution in [2.75, 3.05) is 0 Å². The fourth-order valence-electron chi connectivity index (χ4n) is 2.62. The van der Waals surface area contributed by atoms with Crippen LogP contribution < -0.4 is 5.73 Å². The van der Waals surface area contributed by atoms with Gasteiger partial charge in [0.1, 0.15) is 0 Å². The smallest absolute Gasteiger partial charge is 0.0784 e. The van der Waals surface area contributed by atoms with Crippen LogP contribution >= 0.6 is 0 Å². The van der Waals surface area contributed by atoms with Gasteiger partial charge in [-0.2, -0.15) is 0 Å². The lowest BCUT2D eigenvalue weighted by molar-refractivity contribution is 0.546. The highest BCUT2D eigenvalue weighted by atomic mass is 15.0. The maximum atomic E-state index is 6.13. The maximum Gasteiger partial charge on any atom is 0.0784 e. The fourth-order valence-corrected chi connectivity index (χ4v) is 2.62. The summed E-state index contributed by atoms with van der Waals surface area (Å²) in [4.78, 5) is 8.69. The highest BCUT2D eigenvalue weighted by Gasteiger charge is 2.20. The maximum absolute atomic E-state index is 6.13. The molecule has 0 radical (unpaired) electrons. The van der Waals surface area contributed by atoms with E-state index in [4.69, 9.17) is 5.73 Å². The molecular weight excluding hydrogens is 224 g/mol. The van der Waals surface area contributed by atoms with Gasteiger partial charge in [-0.3, -0.25) is 9.97 Å². The number of nitrogens with two attached hydrogens (primary N) is 1. The number of hydrogen-bond donors (Lipinski definition) is 1. The third-order valence-electron chi connectivity index (χ3n) is 3.61.